The van der Waals surface area contributed by atoms with Crippen molar-refractivity contribution in [1.82, 2.24) is 5.32 Å². The molecule has 4 heteroatoms. The highest BCUT2D eigenvalue weighted by Gasteiger charge is 2.29. The second kappa shape index (κ2) is 5.48. The van der Waals surface area contributed by atoms with Crippen molar-refractivity contribution in [2.24, 2.45) is 5.92 Å². The van der Waals surface area contributed by atoms with E-state index in [0.717, 1.165) is 17.9 Å². The minimum absolute atomic E-state index is 0.319. The van der Waals surface area contributed by atoms with Crippen LogP contribution in [0.25, 0.3) is 0 Å². The molecule has 1 aromatic rings. The van der Waals surface area contributed by atoms with Crippen molar-refractivity contribution >= 4 is 0 Å². The molecule has 0 aliphatic carbocycles. The molecule has 0 saturated carbocycles. The summed E-state index contributed by atoms with van der Waals surface area (Å²) in [7, 11) is 4.93. The zero-order valence-electron chi connectivity index (χ0n) is 11.4. The molecule has 1 N–H and O–H groups in total. The Bertz CT molecular complexity index is 420. The first-order valence-corrected chi connectivity index (χ1v) is 6.25. The van der Waals surface area contributed by atoms with Gasteiger partial charge in [-0.1, -0.05) is 6.92 Å². The van der Waals surface area contributed by atoms with Gasteiger partial charge in [0.05, 0.1) is 21.3 Å². The van der Waals surface area contributed by atoms with Gasteiger partial charge in [-0.2, -0.15) is 0 Å². The summed E-state index contributed by atoms with van der Waals surface area (Å²) in [5, 5.41) is 3.51. The average Bonchev–Trinajstić information content (AvgIpc) is 2.82. The van der Waals surface area contributed by atoms with E-state index in [4.69, 9.17) is 14.2 Å². The third kappa shape index (κ3) is 2.12. The number of rotatable bonds is 4. The van der Waals surface area contributed by atoms with Gasteiger partial charge in [0.25, 0.3) is 0 Å². The van der Waals surface area contributed by atoms with E-state index < -0.39 is 0 Å². The zero-order chi connectivity index (χ0) is 13.1. The number of hydrogen-bond donors (Lipinski definition) is 1. The third-order valence-corrected chi connectivity index (χ3v) is 3.60. The summed E-state index contributed by atoms with van der Waals surface area (Å²) in [6.45, 7) is 3.30. The fourth-order valence-electron chi connectivity index (χ4n) is 2.62. The number of benzene rings is 1. The maximum Gasteiger partial charge on any atom is 0.203 e. The normalized spacial score (nSPS) is 22.9. The summed E-state index contributed by atoms with van der Waals surface area (Å²) < 4.78 is 16.2. The predicted molar refractivity (Wildman–Crippen MR) is 70.6 cm³/mol. The van der Waals surface area contributed by atoms with Crippen LogP contribution >= 0.6 is 0 Å². The fraction of sp³-hybridized carbons (Fsp3) is 0.571. The molecule has 2 unspecified atom stereocenters. The molecule has 1 aromatic carbocycles. The van der Waals surface area contributed by atoms with E-state index in [-0.39, 0.29) is 0 Å². The lowest BCUT2D eigenvalue weighted by molar-refractivity contribution is 0.318. The molecule has 4 nitrogen and oxygen atoms in total. The number of methoxy groups -OCH3 is 3. The Kier molecular flexibility index (Phi) is 3.97. The van der Waals surface area contributed by atoms with Crippen LogP contribution in [0, 0.1) is 5.92 Å². The molecule has 18 heavy (non-hydrogen) atoms. The van der Waals surface area contributed by atoms with E-state index in [0.29, 0.717) is 23.5 Å². The number of hydrogen-bond acceptors (Lipinski definition) is 4. The molecular weight excluding hydrogens is 230 g/mol. The zero-order valence-corrected chi connectivity index (χ0v) is 11.4. The summed E-state index contributed by atoms with van der Waals surface area (Å²) in [6.07, 6.45) is 1.18. The van der Waals surface area contributed by atoms with Crippen molar-refractivity contribution in [1.29, 1.82) is 0 Å². The first-order valence-electron chi connectivity index (χ1n) is 6.25. The highest BCUT2D eigenvalue weighted by atomic mass is 16.5. The van der Waals surface area contributed by atoms with Crippen LogP contribution in [0.5, 0.6) is 17.2 Å². The number of nitrogens with one attached hydrogen (secondary N) is 1. The SMILES string of the molecule is COc1ccc(C2NCCC2C)c(OC)c1OC. The summed E-state index contributed by atoms with van der Waals surface area (Å²) in [6, 6.07) is 4.31. The van der Waals surface area contributed by atoms with E-state index in [9.17, 15) is 0 Å². The molecule has 2 atom stereocenters. The van der Waals surface area contributed by atoms with Gasteiger partial charge in [0.1, 0.15) is 0 Å². The highest BCUT2D eigenvalue weighted by molar-refractivity contribution is 5.56. The van der Waals surface area contributed by atoms with Crippen LogP contribution in [0.2, 0.25) is 0 Å². The molecule has 1 fully saturated rings. The summed E-state index contributed by atoms with van der Waals surface area (Å²) >= 11 is 0. The summed E-state index contributed by atoms with van der Waals surface area (Å²) in [4.78, 5) is 0. The molecule has 1 aliphatic rings. The van der Waals surface area contributed by atoms with Crippen molar-refractivity contribution < 1.29 is 14.2 Å². The van der Waals surface area contributed by atoms with E-state index >= 15 is 0 Å². The molecule has 1 saturated heterocycles. The van der Waals surface area contributed by atoms with E-state index in [1.54, 1.807) is 21.3 Å². The smallest absolute Gasteiger partial charge is 0.203 e. The monoisotopic (exact) mass is 251 g/mol. The molecule has 0 radical (unpaired) electrons. The number of ether oxygens (including phenoxy) is 3. The van der Waals surface area contributed by atoms with Gasteiger partial charge in [-0.25, -0.2) is 0 Å². The lowest BCUT2D eigenvalue weighted by Gasteiger charge is -2.22. The quantitative estimate of drug-likeness (QED) is 0.892. The molecule has 0 aromatic heterocycles. The van der Waals surface area contributed by atoms with Crippen molar-refractivity contribution in [3.8, 4) is 17.2 Å². The van der Waals surface area contributed by atoms with Crippen LogP contribution in [0.4, 0.5) is 0 Å². The molecule has 0 spiro atoms. The Morgan fingerprint density at radius 3 is 2.28 bits per heavy atom. The van der Waals surface area contributed by atoms with Crippen LogP contribution in [0.3, 0.4) is 0 Å². The molecule has 2 rings (SSSR count). The van der Waals surface area contributed by atoms with Crippen LogP contribution in [0.15, 0.2) is 12.1 Å². The standard InChI is InChI=1S/C14H21NO3/c1-9-7-8-15-12(9)10-5-6-11(16-2)14(18-4)13(10)17-3/h5-6,9,12,15H,7-8H2,1-4H3. The lowest BCUT2D eigenvalue weighted by atomic mass is 9.95. The largest absolute Gasteiger partial charge is 0.493 e. The van der Waals surface area contributed by atoms with E-state index in [1.807, 2.05) is 6.07 Å². The Balaban J connectivity index is 2.47. The molecule has 0 amide bonds. The second-order valence-electron chi connectivity index (χ2n) is 4.62. The fourth-order valence-corrected chi connectivity index (χ4v) is 2.62. The molecular formula is C14H21NO3. The Morgan fingerprint density at radius 1 is 1.06 bits per heavy atom. The topological polar surface area (TPSA) is 39.7 Å². The third-order valence-electron chi connectivity index (χ3n) is 3.60. The van der Waals surface area contributed by atoms with Gasteiger partial charge in [0.2, 0.25) is 5.75 Å². The summed E-state index contributed by atoms with van der Waals surface area (Å²) in [5.41, 5.74) is 1.14. The first-order chi connectivity index (χ1) is 8.72. The molecule has 1 heterocycles. The van der Waals surface area contributed by atoms with Gasteiger partial charge in [0.15, 0.2) is 11.5 Å². The van der Waals surface area contributed by atoms with Crippen molar-refractivity contribution in [2.45, 2.75) is 19.4 Å². The Hall–Kier alpha value is -1.42. The van der Waals surface area contributed by atoms with Gasteiger partial charge < -0.3 is 19.5 Å². The van der Waals surface area contributed by atoms with Gasteiger partial charge >= 0.3 is 0 Å². The molecule has 1 aliphatic heterocycles. The predicted octanol–water partition coefficient (Wildman–Crippen LogP) is 2.38. The second-order valence-corrected chi connectivity index (χ2v) is 4.62. The summed E-state index contributed by atoms with van der Waals surface area (Å²) in [5.74, 6) is 2.72. The molecule has 0 bridgehead atoms. The van der Waals surface area contributed by atoms with E-state index in [2.05, 4.69) is 18.3 Å². The Labute approximate surface area is 108 Å². The molecule has 100 valence electrons. The van der Waals surface area contributed by atoms with Crippen LogP contribution in [-0.4, -0.2) is 27.9 Å². The van der Waals surface area contributed by atoms with Crippen LogP contribution in [-0.2, 0) is 0 Å². The van der Waals surface area contributed by atoms with Crippen molar-refractivity contribution in [2.75, 3.05) is 27.9 Å². The Morgan fingerprint density at radius 2 is 1.78 bits per heavy atom. The van der Waals surface area contributed by atoms with Crippen LogP contribution < -0.4 is 19.5 Å². The maximum atomic E-state index is 5.53. The van der Waals surface area contributed by atoms with Gasteiger partial charge in [-0.05, 0) is 31.0 Å². The minimum atomic E-state index is 0.319. The van der Waals surface area contributed by atoms with Crippen molar-refractivity contribution in [3.05, 3.63) is 17.7 Å². The van der Waals surface area contributed by atoms with Gasteiger partial charge in [0, 0.05) is 11.6 Å². The lowest BCUT2D eigenvalue weighted by Crippen LogP contribution is -2.17. The first kappa shape index (κ1) is 13.0. The average molecular weight is 251 g/mol. The van der Waals surface area contributed by atoms with Crippen LogP contribution in [0.1, 0.15) is 24.9 Å². The van der Waals surface area contributed by atoms with Gasteiger partial charge in [-0.15, -0.1) is 0 Å². The van der Waals surface area contributed by atoms with E-state index in [1.165, 1.54) is 6.42 Å². The van der Waals surface area contributed by atoms with Crippen molar-refractivity contribution in [3.63, 3.8) is 0 Å². The minimum Gasteiger partial charge on any atom is -0.493 e. The highest BCUT2D eigenvalue weighted by Crippen LogP contribution is 2.44. The van der Waals surface area contributed by atoms with Gasteiger partial charge in [-0.3, -0.25) is 0 Å². The maximum absolute atomic E-state index is 5.53.